The highest BCUT2D eigenvalue weighted by atomic mass is 32.2. The number of ether oxygens (including phenoxy) is 1. The number of sulfone groups is 1. The van der Waals surface area contributed by atoms with Gasteiger partial charge in [-0.15, -0.1) is 0 Å². The van der Waals surface area contributed by atoms with Gasteiger partial charge in [0.15, 0.2) is 9.84 Å². The predicted octanol–water partition coefficient (Wildman–Crippen LogP) is 5.43. The molecule has 3 aromatic carbocycles. The van der Waals surface area contributed by atoms with Gasteiger partial charge in [-0.05, 0) is 67.9 Å². The van der Waals surface area contributed by atoms with Crippen LogP contribution in [0.3, 0.4) is 0 Å². The number of hydrogen-bond acceptors (Lipinski definition) is 6. The first-order valence-corrected chi connectivity index (χ1v) is 13.8. The number of anilines is 2. The van der Waals surface area contributed by atoms with Crippen LogP contribution in [0, 0.1) is 0 Å². The molecular formula is C26H28N2O4S2. The molecule has 1 heterocycles. The molecule has 0 saturated heterocycles. The largest absolute Gasteiger partial charge is 0.494 e. The molecule has 0 spiro atoms. The predicted molar refractivity (Wildman–Crippen MR) is 136 cm³/mol. The van der Waals surface area contributed by atoms with E-state index in [0.29, 0.717) is 23.6 Å². The molecule has 0 radical (unpaired) electrons. The lowest BCUT2D eigenvalue weighted by molar-refractivity contribution is 0.0951. The third kappa shape index (κ3) is 4.93. The number of rotatable bonds is 8. The molecule has 1 amide bonds. The van der Waals surface area contributed by atoms with Crippen LogP contribution in [-0.4, -0.2) is 33.2 Å². The van der Waals surface area contributed by atoms with Crippen LogP contribution in [-0.2, 0) is 16.4 Å². The zero-order valence-electron chi connectivity index (χ0n) is 19.5. The molecule has 178 valence electrons. The lowest BCUT2D eigenvalue weighted by Gasteiger charge is -2.32. The van der Waals surface area contributed by atoms with Crippen LogP contribution in [0.4, 0.5) is 11.4 Å². The minimum Gasteiger partial charge on any atom is -0.494 e. The number of nitrogens with zero attached hydrogens (tertiary/aromatic N) is 1. The molecule has 4 rings (SSSR count). The second-order valence-corrected chi connectivity index (χ2v) is 11.2. The van der Waals surface area contributed by atoms with E-state index < -0.39 is 9.84 Å². The first kappa shape index (κ1) is 24.2. The molecule has 8 heteroatoms. The van der Waals surface area contributed by atoms with Crippen molar-refractivity contribution in [3.63, 3.8) is 0 Å². The standard InChI is InChI=1S/C26H28N2O4S2/c1-4-28-22-13-10-20(32-5-2)16-25(22)33-24-14-9-19(15-23(24)28)26(29)27-17-18-7-11-21(12-8-18)34(30,31)6-3/h7-16H,4-6,17H2,1-3H3,(H,27,29). The summed E-state index contributed by atoms with van der Waals surface area (Å²) in [7, 11) is -3.23. The SMILES string of the molecule is CCOc1ccc2c(c1)Sc1ccc(C(=O)NCc3ccc(S(=O)(=O)CC)cc3)cc1N2CC. The van der Waals surface area contributed by atoms with Gasteiger partial charge in [0.05, 0.1) is 28.6 Å². The van der Waals surface area contributed by atoms with E-state index in [-0.39, 0.29) is 11.7 Å². The summed E-state index contributed by atoms with van der Waals surface area (Å²) in [4.78, 5) is 17.6. The smallest absolute Gasteiger partial charge is 0.251 e. The Morgan fingerprint density at radius 3 is 2.38 bits per heavy atom. The molecule has 0 aliphatic carbocycles. The number of fused-ring (bicyclic) bond motifs is 2. The molecule has 1 aliphatic rings. The van der Waals surface area contributed by atoms with Crippen molar-refractivity contribution < 1.29 is 17.9 Å². The van der Waals surface area contributed by atoms with Gasteiger partial charge < -0.3 is 15.0 Å². The van der Waals surface area contributed by atoms with Gasteiger partial charge in [0, 0.05) is 28.4 Å². The van der Waals surface area contributed by atoms with Crippen molar-refractivity contribution in [1.29, 1.82) is 0 Å². The maximum atomic E-state index is 12.9. The van der Waals surface area contributed by atoms with Crippen LogP contribution in [0.1, 0.15) is 36.7 Å². The van der Waals surface area contributed by atoms with Crippen molar-refractivity contribution in [2.75, 3.05) is 23.8 Å². The summed E-state index contributed by atoms with van der Waals surface area (Å²) in [6.45, 7) is 7.40. The summed E-state index contributed by atoms with van der Waals surface area (Å²) in [5.41, 5.74) is 3.53. The van der Waals surface area contributed by atoms with E-state index in [1.165, 1.54) is 0 Å². The fourth-order valence-electron chi connectivity index (χ4n) is 3.87. The normalized spacial score (nSPS) is 12.6. The molecule has 0 aromatic heterocycles. The van der Waals surface area contributed by atoms with Gasteiger partial charge in [-0.3, -0.25) is 4.79 Å². The molecule has 34 heavy (non-hydrogen) atoms. The molecule has 3 aromatic rings. The summed E-state index contributed by atoms with van der Waals surface area (Å²) < 4.78 is 29.6. The van der Waals surface area contributed by atoms with E-state index >= 15 is 0 Å². The van der Waals surface area contributed by atoms with Gasteiger partial charge in [0.1, 0.15) is 5.75 Å². The minimum atomic E-state index is -3.23. The fourth-order valence-corrected chi connectivity index (χ4v) is 5.85. The van der Waals surface area contributed by atoms with Gasteiger partial charge in [-0.2, -0.15) is 0 Å². The lowest BCUT2D eigenvalue weighted by Crippen LogP contribution is -2.24. The summed E-state index contributed by atoms with van der Waals surface area (Å²) >= 11 is 1.67. The van der Waals surface area contributed by atoms with Gasteiger partial charge in [0.2, 0.25) is 0 Å². The Hall–Kier alpha value is -2.97. The highest BCUT2D eigenvalue weighted by molar-refractivity contribution is 7.99. The molecule has 0 bridgehead atoms. The van der Waals surface area contributed by atoms with Gasteiger partial charge >= 0.3 is 0 Å². The topological polar surface area (TPSA) is 75.7 Å². The van der Waals surface area contributed by atoms with Crippen molar-refractivity contribution >= 4 is 38.9 Å². The van der Waals surface area contributed by atoms with Gasteiger partial charge in [0.25, 0.3) is 5.91 Å². The van der Waals surface area contributed by atoms with E-state index in [2.05, 4.69) is 29.3 Å². The number of carbonyl (C=O) groups is 1. The van der Waals surface area contributed by atoms with Gasteiger partial charge in [-0.1, -0.05) is 30.8 Å². The maximum absolute atomic E-state index is 12.9. The van der Waals surface area contributed by atoms with Crippen molar-refractivity contribution in [3.05, 3.63) is 71.8 Å². The number of carbonyl (C=O) groups excluding carboxylic acids is 1. The number of amides is 1. The Morgan fingerprint density at radius 1 is 0.941 bits per heavy atom. The quantitative estimate of drug-likeness (QED) is 0.448. The summed E-state index contributed by atoms with van der Waals surface area (Å²) in [5, 5.41) is 2.94. The highest BCUT2D eigenvalue weighted by Crippen LogP contribution is 2.49. The number of nitrogens with one attached hydrogen (secondary N) is 1. The number of hydrogen-bond donors (Lipinski definition) is 1. The average molecular weight is 497 g/mol. The molecule has 0 saturated carbocycles. The second kappa shape index (κ2) is 10.1. The fraction of sp³-hybridized carbons (Fsp3) is 0.269. The van der Waals surface area contributed by atoms with Crippen LogP contribution < -0.4 is 15.0 Å². The van der Waals surface area contributed by atoms with Crippen LogP contribution in [0.5, 0.6) is 5.75 Å². The Balaban J connectivity index is 1.50. The molecule has 1 aliphatic heterocycles. The molecule has 0 unspecified atom stereocenters. The lowest BCUT2D eigenvalue weighted by atomic mass is 10.1. The van der Waals surface area contributed by atoms with Crippen LogP contribution in [0.15, 0.2) is 75.4 Å². The molecule has 1 N–H and O–H groups in total. The Kier molecular flexibility index (Phi) is 7.19. The zero-order chi connectivity index (χ0) is 24.3. The molecule has 0 atom stereocenters. The molecular weight excluding hydrogens is 468 g/mol. The average Bonchev–Trinajstić information content (AvgIpc) is 2.85. The zero-order valence-corrected chi connectivity index (χ0v) is 21.1. The van der Waals surface area contributed by atoms with Crippen molar-refractivity contribution in [1.82, 2.24) is 5.32 Å². The Bertz CT molecular complexity index is 1300. The van der Waals surface area contributed by atoms with Crippen molar-refractivity contribution in [2.24, 2.45) is 0 Å². The van der Waals surface area contributed by atoms with Crippen LogP contribution >= 0.6 is 11.8 Å². The molecule has 6 nitrogen and oxygen atoms in total. The van der Waals surface area contributed by atoms with Crippen LogP contribution in [0.25, 0.3) is 0 Å². The summed E-state index contributed by atoms with van der Waals surface area (Å²) in [5.74, 6) is 0.739. The van der Waals surface area contributed by atoms with E-state index in [9.17, 15) is 13.2 Å². The Morgan fingerprint density at radius 2 is 1.71 bits per heavy atom. The third-order valence-electron chi connectivity index (χ3n) is 5.70. The minimum absolute atomic E-state index is 0.0621. The van der Waals surface area contributed by atoms with Crippen molar-refractivity contribution in [2.45, 2.75) is 42.0 Å². The molecule has 0 fully saturated rings. The second-order valence-electron chi connectivity index (χ2n) is 7.82. The van der Waals surface area contributed by atoms with E-state index in [4.69, 9.17) is 4.74 Å². The third-order valence-corrected chi connectivity index (χ3v) is 8.56. The Labute approximate surface area is 205 Å². The first-order valence-electron chi connectivity index (χ1n) is 11.3. The van der Waals surface area contributed by atoms with Crippen molar-refractivity contribution in [3.8, 4) is 5.75 Å². The summed E-state index contributed by atoms with van der Waals surface area (Å²) in [6.07, 6.45) is 0. The maximum Gasteiger partial charge on any atom is 0.251 e. The number of benzene rings is 3. The van der Waals surface area contributed by atoms with Crippen LogP contribution in [0.2, 0.25) is 0 Å². The van der Waals surface area contributed by atoms with E-state index in [1.54, 1.807) is 43.0 Å². The highest BCUT2D eigenvalue weighted by Gasteiger charge is 2.24. The summed E-state index contributed by atoms with van der Waals surface area (Å²) in [6, 6.07) is 18.5. The van der Waals surface area contributed by atoms with E-state index in [0.717, 1.165) is 39.0 Å². The monoisotopic (exact) mass is 496 g/mol. The first-order chi connectivity index (χ1) is 16.4. The van der Waals surface area contributed by atoms with E-state index in [1.807, 2.05) is 31.2 Å². The van der Waals surface area contributed by atoms with Gasteiger partial charge in [-0.25, -0.2) is 8.42 Å².